The smallest absolute Gasteiger partial charge is 0.249 e. The topological polar surface area (TPSA) is 3.24 Å². The molecular formula is C14H27F2N. The van der Waals surface area contributed by atoms with Crippen LogP contribution in [0.3, 0.4) is 0 Å². The molecule has 1 aliphatic heterocycles. The number of rotatable bonds is 1. The Hall–Kier alpha value is -0.180. The summed E-state index contributed by atoms with van der Waals surface area (Å²) in [5.41, 5.74) is -0.0195. The number of nitrogens with zero attached hydrogens (tertiary/aromatic N) is 1. The number of hydrogen-bond acceptors (Lipinski definition) is 1. The molecule has 2 rings (SSSR count). The molecule has 0 aromatic rings. The molecule has 0 radical (unpaired) electrons. The van der Waals surface area contributed by atoms with E-state index < -0.39 is 5.92 Å². The maximum Gasteiger partial charge on any atom is 0.249 e. The molecule has 2 aliphatic rings. The maximum absolute atomic E-state index is 12.9. The second-order valence-electron chi connectivity index (χ2n) is 5.84. The molecule has 1 atom stereocenters. The Morgan fingerprint density at radius 1 is 1.18 bits per heavy atom. The molecule has 1 unspecified atom stereocenters. The van der Waals surface area contributed by atoms with Crippen molar-refractivity contribution in [2.24, 2.45) is 5.41 Å². The van der Waals surface area contributed by atoms with Crippen molar-refractivity contribution < 1.29 is 8.78 Å². The fraction of sp³-hybridized carbons (Fsp3) is 1.00. The predicted octanol–water partition coefficient (Wildman–Crippen LogP) is 4.32. The molecule has 1 saturated carbocycles. The second-order valence-corrected chi connectivity index (χ2v) is 5.84. The molecule has 0 aromatic heterocycles. The molecule has 0 amide bonds. The molecule has 1 heterocycles. The summed E-state index contributed by atoms with van der Waals surface area (Å²) in [5.74, 6) is -2.36. The average Bonchev–Trinajstić information content (AvgIpc) is 2.17. The van der Waals surface area contributed by atoms with E-state index >= 15 is 0 Å². The van der Waals surface area contributed by atoms with Gasteiger partial charge < -0.3 is 0 Å². The highest BCUT2D eigenvalue weighted by molar-refractivity contribution is 5.03. The number of halogens is 2. The molecule has 1 nitrogen and oxygen atoms in total. The van der Waals surface area contributed by atoms with E-state index in [1.807, 2.05) is 13.8 Å². The van der Waals surface area contributed by atoms with Gasteiger partial charge in [-0.25, -0.2) is 8.78 Å². The van der Waals surface area contributed by atoms with Gasteiger partial charge >= 0.3 is 0 Å². The second kappa shape index (κ2) is 5.21. The molecule has 1 spiro atoms. The van der Waals surface area contributed by atoms with Gasteiger partial charge in [-0.1, -0.05) is 13.8 Å². The fourth-order valence-electron chi connectivity index (χ4n) is 3.57. The fourth-order valence-corrected chi connectivity index (χ4v) is 3.57. The summed E-state index contributed by atoms with van der Waals surface area (Å²) in [7, 11) is 0. The average molecular weight is 247 g/mol. The van der Waals surface area contributed by atoms with E-state index in [1.54, 1.807) is 0 Å². The number of hydrogen-bond donors (Lipinski definition) is 0. The Morgan fingerprint density at radius 3 is 2.06 bits per heavy atom. The first-order valence-electron chi connectivity index (χ1n) is 6.97. The van der Waals surface area contributed by atoms with Crippen LogP contribution < -0.4 is 0 Å². The van der Waals surface area contributed by atoms with Crippen LogP contribution in [0.2, 0.25) is 0 Å². The monoisotopic (exact) mass is 247 g/mol. The van der Waals surface area contributed by atoms with Crippen LogP contribution in [0.1, 0.15) is 60.3 Å². The van der Waals surface area contributed by atoms with E-state index in [1.165, 1.54) is 0 Å². The van der Waals surface area contributed by atoms with Crippen LogP contribution >= 0.6 is 0 Å². The quantitative estimate of drug-likeness (QED) is 0.667. The summed E-state index contributed by atoms with van der Waals surface area (Å²) in [6, 6.07) is 1.01. The van der Waals surface area contributed by atoms with Crippen LogP contribution in [0.4, 0.5) is 8.78 Å². The van der Waals surface area contributed by atoms with Crippen LogP contribution in [0.15, 0.2) is 0 Å². The van der Waals surface area contributed by atoms with Crippen molar-refractivity contribution in [2.75, 3.05) is 6.54 Å². The summed E-state index contributed by atoms with van der Waals surface area (Å²) >= 11 is 0. The van der Waals surface area contributed by atoms with Gasteiger partial charge in [-0.05, 0) is 45.6 Å². The normalized spacial score (nSPS) is 30.7. The van der Waals surface area contributed by atoms with Crippen molar-refractivity contribution >= 4 is 0 Å². The number of piperidine rings is 1. The van der Waals surface area contributed by atoms with Crippen molar-refractivity contribution in [1.29, 1.82) is 0 Å². The van der Waals surface area contributed by atoms with Gasteiger partial charge in [0.05, 0.1) is 0 Å². The Kier molecular flexibility index (Phi) is 4.56. The highest BCUT2D eigenvalue weighted by atomic mass is 19.3. The first-order chi connectivity index (χ1) is 7.84. The summed E-state index contributed by atoms with van der Waals surface area (Å²) in [6.07, 6.45) is 2.19. The predicted molar refractivity (Wildman–Crippen MR) is 68.5 cm³/mol. The lowest BCUT2D eigenvalue weighted by Gasteiger charge is -2.54. The van der Waals surface area contributed by atoms with Crippen molar-refractivity contribution in [3.8, 4) is 0 Å². The highest BCUT2D eigenvalue weighted by Gasteiger charge is 2.57. The summed E-state index contributed by atoms with van der Waals surface area (Å²) < 4.78 is 25.9. The lowest BCUT2D eigenvalue weighted by Crippen LogP contribution is -2.56. The van der Waals surface area contributed by atoms with Gasteiger partial charge in [0, 0.05) is 24.9 Å². The third-order valence-electron chi connectivity index (χ3n) is 4.13. The van der Waals surface area contributed by atoms with Gasteiger partial charge in [0.2, 0.25) is 5.92 Å². The molecule has 0 N–H and O–H groups in total. The Labute approximate surface area is 105 Å². The van der Waals surface area contributed by atoms with Gasteiger partial charge in [0.1, 0.15) is 0 Å². The summed E-state index contributed by atoms with van der Waals surface area (Å²) in [5, 5.41) is 0. The summed E-state index contributed by atoms with van der Waals surface area (Å²) in [6.45, 7) is 11.5. The molecule has 1 aliphatic carbocycles. The minimum absolute atomic E-state index is 0.0195. The minimum Gasteiger partial charge on any atom is -0.298 e. The first-order valence-corrected chi connectivity index (χ1v) is 6.97. The van der Waals surface area contributed by atoms with Gasteiger partial charge in [-0.15, -0.1) is 0 Å². The van der Waals surface area contributed by atoms with Gasteiger partial charge in [-0.2, -0.15) is 0 Å². The Bertz CT molecular complexity index is 243. The van der Waals surface area contributed by atoms with Crippen molar-refractivity contribution in [3.63, 3.8) is 0 Å². The standard InChI is InChI=1S/C12H21F2N.C2H6/c1-9(2)15-5-4-11(6-10(15)3)7-12(13,14)8-11;1-2/h9-10H,4-8H2,1-3H3;1-2H3. The maximum atomic E-state index is 12.9. The van der Waals surface area contributed by atoms with Crippen LogP contribution in [-0.4, -0.2) is 29.5 Å². The third kappa shape index (κ3) is 3.18. The third-order valence-corrected chi connectivity index (χ3v) is 4.13. The molecule has 2 fully saturated rings. The van der Waals surface area contributed by atoms with Crippen molar-refractivity contribution in [2.45, 2.75) is 78.3 Å². The number of likely N-dealkylation sites (tertiary alicyclic amines) is 1. The highest BCUT2D eigenvalue weighted by Crippen LogP contribution is 2.58. The lowest BCUT2D eigenvalue weighted by atomic mass is 9.59. The minimum atomic E-state index is -2.36. The van der Waals surface area contributed by atoms with Crippen LogP contribution in [0, 0.1) is 5.41 Å². The molecule has 0 bridgehead atoms. The molecule has 0 aromatic carbocycles. The molecule has 3 heteroatoms. The van der Waals surface area contributed by atoms with Crippen LogP contribution in [0.25, 0.3) is 0 Å². The van der Waals surface area contributed by atoms with Crippen LogP contribution in [0.5, 0.6) is 0 Å². The van der Waals surface area contributed by atoms with E-state index in [0.717, 1.165) is 19.4 Å². The molecule has 1 saturated heterocycles. The van der Waals surface area contributed by atoms with E-state index in [2.05, 4.69) is 25.7 Å². The Morgan fingerprint density at radius 2 is 1.71 bits per heavy atom. The lowest BCUT2D eigenvalue weighted by molar-refractivity contribution is -0.185. The zero-order valence-electron chi connectivity index (χ0n) is 11.9. The van der Waals surface area contributed by atoms with Crippen molar-refractivity contribution in [3.05, 3.63) is 0 Å². The van der Waals surface area contributed by atoms with E-state index in [0.29, 0.717) is 12.1 Å². The van der Waals surface area contributed by atoms with Gasteiger partial charge in [0.15, 0.2) is 0 Å². The largest absolute Gasteiger partial charge is 0.298 e. The van der Waals surface area contributed by atoms with Gasteiger partial charge in [0.25, 0.3) is 0 Å². The molecular weight excluding hydrogens is 220 g/mol. The zero-order valence-corrected chi connectivity index (χ0v) is 11.9. The number of alkyl halides is 2. The van der Waals surface area contributed by atoms with Gasteiger partial charge in [-0.3, -0.25) is 4.90 Å². The summed E-state index contributed by atoms with van der Waals surface area (Å²) in [4.78, 5) is 2.43. The first kappa shape index (κ1) is 14.9. The zero-order chi connectivity index (χ0) is 13.3. The SMILES string of the molecule is CC.CC(C)N1CCC2(CC1C)CC(F)(F)C2. The van der Waals surface area contributed by atoms with E-state index in [-0.39, 0.29) is 18.3 Å². The molecule has 17 heavy (non-hydrogen) atoms. The van der Waals surface area contributed by atoms with Crippen LogP contribution in [-0.2, 0) is 0 Å². The van der Waals surface area contributed by atoms with E-state index in [4.69, 9.17) is 0 Å². The van der Waals surface area contributed by atoms with E-state index in [9.17, 15) is 8.78 Å². The van der Waals surface area contributed by atoms with Crippen molar-refractivity contribution in [1.82, 2.24) is 4.90 Å². The Balaban J connectivity index is 0.000000686. The molecule has 102 valence electrons.